The molecule has 1 N–H and O–H groups in total. The van der Waals surface area contributed by atoms with Gasteiger partial charge in [-0.1, -0.05) is 53.6 Å². The summed E-state index contributed by atoms with van der Waals surface area (Å²) < 4.78 is 2.61. The highest BCUT2D eigenvalue weighted by atomic mass is 35.5. The first-order valence-corrected chi connectivity index (χ1v) is 23.1. The number of aryl methyl sites for hydroxylation is 2. The summed E-state index contributed by atoms with van der Waals surface area (Å²) in [5.74, 6) is -4.94. The Morgan fingerprint density at radius 1 is 0.818 bits per heavy atom. The van der Waals surface area contributed by atoms with Gasteiger partial charge in [-0.2, -0.15) is 15.3 Å². The van der Waals surface area contributed by atoms with Gasteiger partial charge in [0, 0.05) is 54.1 Å². The molecule has 2 saturated heterocycles. The van der Waals surface area contributed by atoms with Gasteiger partial charge < -0.3 is 10.0 Å². The van der Waals surface area contributed by atoms with Crippen LogP contribution in [-0.2, 0) is 26.2 Å². The second kappa shape index (κ2) is 15.3. The number of imide groups is 2. The van der Waals surface area contributed by atoms with Crippen LogP contribution in [0.15, 0.2) is 131 Å². The molecule has 2 aliphatic carbocycles. The number of phenolic OH excluding ortho intramolecular Hbond substituents is 1. The Hall–Kier alpha value is -6.96. The van der Waals surface area contributed by atoms with Gasteiger partial charge in [0.25, 0.3) is 0 Å². The number of fused-ring (bicyclic) bond motifs is 6. The Kier molecular flexibility index (Phi) is 9.68. The van der Waals surface area contributed by atoms with E-state index in [9.17, 15) is 14.7 Å². The number of azo groups is 1. The molecule has 330 valence electrons. The highest BCUT2D eigenvalue weighted by molar-refractivity contribution is 7.22. The lowest BCUT2D eigenvalue weighted by molar-refractivity contribution is -0.131. The van der Waals surface area contributed by atoms with Gasteiger partial charge in [0.1, 0.15) is 17.3 Å². The number of rotatable bonds is 7. The fourth-order valence-corrected chi connectivity index (χ4v) is 12.5. The molecule has 2 aliphatic heterocycles. The topological polar surface area (TPSA) is 141 Å². The minimum Gasteiger partial charge on any atom is -0.508 e. The van der Waals surface area contributed by atoms with E-state index in [-0.39, 0.29) is 30.4 Å². The van der Waals surface area contributed by atoms with Gasteiger partial charge in [-0.3, -0.25) is 28.8 Å². The molecule has 0 bridgehead atoms. The number of nitrogens with zero attached hydrogens (tertiary/aromatic N) is 7. The number of carbonyl (C=O) groups is 4. The van der Waals surface area contributed by atoms with Gasteiger partial charge in [-0.25, -0.2) is 4.90 Å². The zero-order valence-corrected chi connectivity index (χ0v) is 38.3. The molecule has 4 heterocycles. The van der Waals surface area contributed by atoms with Crippen molar-refractivity contribution in [3.63, 3.8) is 0 Å². The van der Waals surface area contributed by atoms with Gasteiger partial charge in [-0.15, -0.1) is 11.3 Å². The first-order valence-electron chi connectivity index (χ1n) is 21.9. The summed E-state index contributed by atoms with van der Waals surface area (Å²) in [6.45, 7) is 3.84. The Morgan fingerprint density at radius 2 is 1.53 bits per heavy atom. The van der Waals surface area contributed by atoms with Crippen molar-refractivity contribution in [2.75, 3.05) is 28.8 Å². The van der Waals surface area contributed by atoms with Crippen LogP contribution in [0, 0.1) is 36.0 Å². The van der Waals surface area contributed by atoms with Crippen LogP contribution >= 0.6 is 22.9 Å². The first kappa shape index (κ1) is 41.7. The molecule has 2 aromatic heterocycles. The smallest absolute Gasteiger partial charge is 0.242 e. The summed E-state index contributed by atoms with van der Waals surface area (Å²) in [4.78, 5) is 65.5. The second-order valence-corrected chi connectivity index (χ2v) is 19.7. The van der Waals surface area contributed by atoms with Crippen LogP contribution in [0.1, 0.15) is 36.8 Å². The van der Waals surface area contributed by atoms with Crippen molar-refractivity contribution >= 4 is 96.0 Å². The molecule has 14 heteroatoms. The predicted octanol–water partition coefficient (Wildman–Crippen LogP) is 11.0. The van der Waals surface area contributed by atoms with Gasteiger partial charge >= 0.3 is 0 Å². The number of allylic oxidation sites excluding steroid dienone is 2. The number of carbonyl (C=O) groups excluding carboxylic acids is 4. The monoisotopic (exact) mass is 913 g/mol. The summed E-state index contributed by atoms with van der Waals surface area (Å²) >= 11 is 7.93. The molecule has 1 saturated carbocycles. The fraction of sp³-hybridized carbons (Fsp3) is 0.250. The van der Waals surface area contributed by atoms with Crippen molar-refractivity contribution in [3.05, 3.63) is 137 Å². The SMILES string of the molecule is Cc1c(-c2cc(N3C(=O)C4CC5C(=CCC6C(=O)N(c7ccc(N=Nc8ccc(N(C)C)cc8)cc7)C(=O)C65)C(c5c(O)ccc6ccccc56)C4(C)C3=O)n(C)n2)sc2ccc(Cl)cc12. The Bertz CT molecular complexity index is 3280. The molecule has 11 rings (SSSR count). The van der Waals surface area contributed by atoms with Crippen molar-refractivity contribution in [2.45, 2.75) is 32.6 Å². The van der Waals surface area contributed by atoms with Crippen molar-refractivity contribution in [2.24, 2.45) is 46.4 Å². The van der Waals surface area contributed by atoms with E-state index in [4.69, 9.17) is 16.7 Å². The fourth-order valence-electron chi connectivity index (χ4n) is 11.2. The molecule has 6 atom stereocenters. The summed E-state index contributed by atoms with van der Waals surface area (Å²) in [6, 6.07) is 33.2. The van der Waals surface area contributed by atoms with E-state index in [0.717, 1.165) is 42.6 Å². The van der Waals surface area contributed by atoms with Crippen molar-refractivity contribution in [3.8, 4) is 16.3 Å². The van der Waals surface area contributed by atoms with Crippen LogP contribution in [0.2, 0.25) is 5.02 Å². The van der Waals surface area contributed by atoms with Gasteiger partial charge in [0.15, 0.2) is 0 Å². The lowest BCUT2D eigenvalue weighted by Gasteiger charge is -2.49. The van der Waals surface area contributed by atoms with Gasteiger partial charge in [-0.05, 0) is 127 Å². The quantitative estimate of drug-likeness (QED) is 0.0953. The molecule has 7 aromatic rings. The number of anilines is 3. The van der Waals surface area contributed by atoms with E-state index in [1.807, 2.05) is 112 Å². The third-order valence-electron chi connectivity index (χ3n) is 14.5. The molecule has 0 radical (unpaired) electrons. The lowest BCUT2D eigenvalue weighted by Crippen LogP contribution is -2.49. The first-order chi connectivity index (χ1) is 31.7. The Morgan fingerprint density at radius 3 is 2.26 bits per heavy atom. The summed E-state index contributed by atoms with van der Waals surface area (Å²) in [5.41, 5.74) is 4.23. The number of halogens is 1. The third kappa shape index (κ3) is 6.20. The molecule has 0 spiro atoms. The van der Waals surface area contributed by atoms with Crippen LogP contribution in [-0.4, -0.2) is 52.6 Å². The molecule has 6 unspecified atom stereocenters. The van der Waals surface area contributed by atoms with E-state index in [1.165, 1.54) is 9.80 Å². The van der Waals surface area contributed by atoms with E-state index in [2.05, 4.69) is 10.2 Å². The van der Waals surface area contributed by atoms with E-state index in [1.54, 1.807) is 59.5 Å². The highest BCUT2D eigenvalue weighted by Crippen LogP contribution is 2.65. The number of hydrogen-bond donors (Lipinski definition) is 1. The van der Waals surface area contributed by atoms with Crippen LogP contribution in [0.4, 0.5) is 28.6 Å². The van der Waals surface area contributed by atoms with Crippen LogP contribution in [0.3, 0.4) is 0 Å². The van der Waals surface area contributed by atoms with Crippen LogP contribution in [0.5, 0.6) is 5.75 Å². The number of aromatic nitrogens is 2. The number of amides is 4. The van der Waals surface area contributed by atoms with Crippen LogP contribution in [0.25, 0.3) is 31.4 Å². The van der Waals surface area contributed by atoms with E-state index in [0.29, 0.717) is 39.2 Å². The summed E-state index contributed by atoms with van der Waals surface area (Å²) in [6.07, 6.45) is 2.42. The summed E-state index contributed by atoms with van der Waals surface area (Å²) in [7, 11) is 5.66. The lowest BCUT2D eigenvalue weighted by atomic mass is 9.51. The molecular weight excluding hydrogens is 870 g/mol. The average molecular weight is 914 g/mol. The standard InChI is InChI=1S/C52H44ClN7O5S/c1-27-37-24-29(53)11-23-42(37)66-47(27)40-26-43(58(5)56-40)60-49(63)39-25-38-35(46(52(39,2)51(60)65)45-34-9-7-6-8-28(34)10-22-41(45)61)20-21-36-44(38)50(64)59(48(36)62)33-18-14-31(15-19-33)55-54-30-12-16-32(17-13-30)57(3)4/h6-20,22-24,26,36,38-39,44,46,61H,21,25H2,1-5H3. The maximum atomic E-state index is 15.5. The molecule has 66 heavy (non-hydrogen) atoms. The number of phenols is 1. The molecule has 4 amide bonds. The number of hydrogen-bond acceptors (Lipinski definition) is 10. The average Bonchev–Trinajstić information content (AvgIpc) is 3.99. The molecule has 12 nitrogen and oxygen atoms in total. The van der Waals surface area contributed by atoms with Crippen molar-refractivity contribution in [1.29, 1.82) is 0 Å². The summed E-state index contributed by atoms with van der Waals surface area (Å²) in [5, 5.41) is 28.8. The highest BCUT2D eigenvalue weighted by Gasteiger charge is 2.68. The van der Waals surface area contributed by atoms with Crippen molar-refractivity contribution < 1.29 is 24.3 Å². The molecule has 4 aliphatic rings. The number of benzene rings is 5. The molecule has 5 aromatic carbocycles. The van der Waals surface area contributed by atoms with Crippen LogP contribution < -0.4 is 14.7 Å². The molecule has 3 fully saturated rings. The Labute approximate surface area is 389 Å². The third-order valence-corrected chi connectivity index (χ3v) is 16.0. The van der Waals surface area contributed by atoms with E-state index >= 15 is 9.59 Å². The minimum atomic E-state index is -1.38. The maximum absolute atomic E-state index is 15.5. The zero-order chi connectivity index (χ0) is 45.9. The largest absolute Gasteiger partial charge is 0.508 e. The zero-order valence-electron chi connectivity index (χ0n) is 36.8. The maximum Gasteiger partial charge on any atom is 0.242 e. The van der Waals surface area contributed by atoms with E-state index < -0.39 is 46.8 Å². The second-order valence-electron chi connectivity index (χ2n) is 18.2. The van der Waals surface area contributed by atoms with Gasteiger partial charge in [0.2, 0.25) is 23.6 Å². The predicted molar refractivity (Wildman–Crippen MR) is 258 cm³/mol. The van der Waals surface area contributed by atoms with Gasteiger partial charge in [0.05, 0.1) is 45.1 Å². The normalized spacial score (nSPS) is 23.8. The van der Waals surface area contributed by atoms with Crippen molar-refractivity contribution in [1.82, 2.24) is 9.78 Å². The number of thiophene rings is 1. The molecular formula is C52H44ClN7O5S. The minimum absolute atomic E-state index is 0.0116. The number of aromatic hydroxyl groups is 1. The Balaban J connectivity index is 0.968.